The second-order valence-corrected chi connectivity index (χ2v) is 8.42. The van der Waals surface area contributed by atoms with E-state index < -0.39 is 12.1 Å². The Morgan fingerprint density at radius 3 is 2.41 bits per heavy atom. The van der Waals surface area contributed by atoms with Gasteiger partial charge in [-0.3, -0.25) is 9.59 Å². The number of rotatable bonds is 6. The molecule has 3 atom stereocenters. The third kappa shape index (κ3) is 5.65. The van der Waals surface area contributed by atoms with E-state index in [9.17, 15) is 14.4 Å². The van der Waals surface area contributed by atoms with Gasteiger partial charge in [0.05, 0.1) is 19.3 Å². The largest absolute Gasteiger partial charge is 0.378 e. The van der Waals surface area contributed by atoms with Crippen LogP contribution in [-0.4, -0.2) is 73.7 Å². The number of carbonyl (C=O) groups excluding carboxylic acids is 3. The average Bonchev–Trinajstić information content (AvgIpc) is 2.93. The molecule has 154 valence electrons. The maximum Gasteiger partial charge on any atom is 0.318 e. The maximum atomic E-state index is 12.9. The van der Waals surface area contributed by atoms with Crippen molar-refractivity contribution in [2.45, 2.75) is 59.2 Å². The van der Waals surface area contributed by atoms with E-state index in [0.29, 0.717) is 38.6 Å². The summed E-state index contributed by atoms with van der Waals surface area (Å²) in [6.07, 6.45) is 0.109. The Balaban J connectivity index is 2.09. The number of nitrogens with one attached hydrogen (secondary N) is 2. The Morgan fingerprint density at radius 2 is 1.89 bits per heavy atom. The van der Waals surface area contributed by atoms with Gasteiger partial charge in [0.2, 0.25) is 5.91 Å². The molecule has 0 aromatic rings. The van der Waals surface area contributed by atoms with Crippen molar-refractivity contribution in [2.75, 3.05) is 32.9 Å². The van der Waals surface area contributed by atoms with Gasteiger partial charge in [-0.2, -0.15) is 0 Å². The van der Waals surface area contributed by atoms with E-state index in [0.717, 1.165) is 0 Å². The van der Waals surface area contributed by atoms with Gasteiger partial charge in [-0.05, 0) is 24.7 Å². The van der Waals surface area contributed by atoms with Crippen molar-refractivity contribution in [3.63, 3.8) is 0 Å². The first-order valence-electron chi connectivity index (χ1n) is 9.69. The maximum absolute atomic E-state index is 12.9. The summed E-state index contributed by atoms with van der Waals surface area (Å²) in [6, 6.07) is -1.67. The van der Waals surface area contributed by atoms with Crippen molar-refractivity contribution >= 4 is 17.7 Å². The predicted octanol–water partition coefficient (Wildman–Crippen LogP) is 0.942. The van der Waals surface area contributed by atoms with Gasteiger partial charge >= 0.3 is 6.03 Å². The molecular formula is C19H33N3O5. The minimum absolute atomic E-state index is 0.00834. The summed E-state index contributed by atoms with van der Waals surface area (Å²) in [7, 11) is 0. The van der Waals surface area contributed by atoms with Crippen LogP contribution in [0.2, 0.25) is 0 Å². The molecule has 2 rings (SSSR count). The van der Waals surface area contributed by atoms with Gasteiger partial charge in [0.15, 0.2) is 5.78 Å². The lowest BCUT2D eigenvalue weighted by molar-refractivity contribution is -0.128. The minimum Gasteiger partial charge on any atom is -0.378 e. The number of hydrogen-bond acceptors (Lipinski definition) is 5. The van der Waals surface area contributed by atoms with Gasteiger partial charge in [-0.15, -0.1) is 0 Å². The number of morpholine rings is 1. The molecule has 3 amide bonds. The van der Waals surface area contributed by atoms with Crippen molar-refractivity contribution in [2.24, 2.45) is 11.3 Å². The molecule has 0 spiro atoms. The van der Waals surface area contributed by atoms with Gasteiger partial charge in [-0.1, -0.05) is 27.7 Å². The number of carbonyl (C=O) groups is 3. The third-order valence-corrected chi connectivity index (χ3v) is 5.81. The molecule has 0 radical (unpaired) electrons. The molecule has 27 heavy (non-hydrogen) atoms. The van der Waals surface area contributed by atoms with Crippen LogP contribution in [0.15, 0.2) is 0 Å². The van der Waals surface area contributed by atoms with Gasteiger partial charge in [-0.25, -0.2) is 4.79 Å². The number of nitrogens with zero attached hydrogens (tertiary/aromatic N) is 1. The highest BCUT2D eigenvalue weighted by Gasteiger charge is 2.38. The normalized spacial score (nSPS) is 24.8. The summed E-state index contributed by atoms with van der Waals surface area (Å²) in [4.78, 5) is 39.2. The molecule has 0 saturated carbocycles. The lowest BCUT2D eigenvalue weighted by atomic mass is 9.76. The molecule has 0 unspecified atom stereocenters. The highest BCUT2D eigenvalue weighted by molar-refractivity contribution is 5.94. The highest BCUT2D eigenvalue weighted by Crippen LogP contribution is 2.31. The van der Waals surface area contributed by atoms with Crippen LogP contribution in [0.5, 0.6) is 0 Å². The van der Waals surface area contributed by atoms with Crippen LogP contribution in [0.4, 0.5) is 4.79 Å². The molecule has 2 aliphatic heterocycles. The molecule has 2 fully saturated rings. The number of ketones is 1. The number of amides is 3. The SMILES string of the molecule is CC(C)C(C)(C)C[C@H](NC(=O)N1CCOCC1)C(=O)N[C@@H]1C(=O)CO[C@H]1C. The van der Waals surface area contributed by atoms with Crippen LogP contribution in [-0.2, 0) is 19.1 Å². The van der Waals surface area contributed by atoms with E-state index in [-0.39, 0.29) is 35.8 Å². The Hall–Kier alpha value is -1.67. The number of ether oxygens (including phenoxy) is 2. The van der Waals surface area contributed by atoms with Gasteiger partial charge < -0.3 is 25.0 Å². The minimum atomic E-state index is -0.724. The van der Waals surface area contributed by atoms with Crippen molar-refractivity contribution in [1.29, 1.82) is 0 Å². The smallest absolute Gasteiger partial charge is 0.318 e. The average molecular weight is 383 g/mol. The topological polar surface area (TPSA) is 97.0 Å². The molecule has 0 bridgehead atoms. The molecular weight excluding hydrogens is 350 g/mol. The second kappa shape index (κ2) is 9.01. The Kier molecular flexibility index (Phi) is 7.22. The fourth-order valence-corrected chi connectivity index (χ4v) is 3.09. The second-order valence-electron chi connectivity index (χ2n) is 8.42. The standard InChI is InChI=1S/C19H33N3O5/c1-12(2)19(4,5)10-14(20-18(25)22-6-8-26-9-7-22)17(24)21-16-13(3)27-11-15(16)23/h12-14,16H,6-11H2,1-5H3,(H,20,25)(H,21,24)/t13-,14-,16-/m0/s1. The molecule has 0 aromatic heterocycles. The van der Waals surface area contributed by atoms with Crippen molar-refractivity contribution in [3.8, 4) is 0 Å². The van der Waals surface area contributed by atoms with Crippen LogP contribution in [0.1, 0.15) is 41.0 Å². The van der Waals surface area contributed by atoms with Gasteiger partial charge in [0.25, 0.3) is 0 Å². The van der Waals surface area contributed by atoms with Crippen molar-refractivity contribution in [1.82, 2.24) is 15.5 Å². The Labute approximate surface area is 161 Å². The van der Waals surface area contributed by atoms with E-state index >= 15 is 0 Å². The van der Waals surface area contributed by atoms with Gasteiger partial charge in [0.1, 0.15) is 18.7 Å². The van der Waals surface area contributed by atoms with Crippen LogP contribution < -0.4 is 10.6 Å². The van der Waals surface area contributed by atoms with E-state index in [2.05, 4.69) is 38.3 Å². The summed E-state index contributed by atoms with van der Waals surface area (Å²) >= 11 is 0. The highest BCUT2D eigenvalue weighted by atomic mass is 16.5. The van der Waals surface area contributed by atoms with E-state index in [1.165, 1.54) is 0 Å². The van der Waals surface area contributed by atoms with E-state index in [4.69, 9.17) is 9.47 Å². The molecule has 0 aromatic carbocycles. The molecule has 2 saturated heterocycles. The third-order valence-electron chi connectivity index (χ3n) is 5.81. The lowest BCUT2D eigenvalue weighted by Gasteiger charge is -2.35. The zero-order valence-corrected chi connectivity index (χ0v) is 17.0. The van der Waals surface area contributed by atoms with E-state index in [1.54, 1.807) is 11.8 Å². The predicted molar refractivity (Wildman–Crippen MR) is 100 cm³/mol. The van der Waals surface area contributed by atoms with Crippen LogP contribution in [0.3, 0.4) is 0 Å². The van der Waals surface area contributed by atoms with Crippen molar-refractivity contribution in [3.05, 3.63) is 0 Å². The Bertz CT molecular complexity index is 558. The quantitative estimate of drug-likeness (QED) is 0.712. The fraction of sp³-hybridized carbons (Fsp3) is 0.842. The summed E-state index contributed by atoms with van der Waals surface area (Å²) in [5.41, 5.74) is -0.165. The number of hydrogen-bond donors (Lipinski definition) is 2. The van der Waals surface area contributed by atoms with E-state index in [1.807, 2.05) is 0 Å². The summed E-state index contributed by atoms with van der Waals surface area (Å²) < 4.78 is 10.6. The zero-order chi connectivity index (χ0) is 20.2. The first kappa shape index (κ1) is 21.6. The lowest BCUT2D eigenvalue weighted by Crippen LogP contribution is -2.57. The van der Waals surface area contributed by atoms with Crippen LogP contribution in [0, 0.1) is 11.3 Å². The van der Waals surface area contributed by atoms with Crippen LogP contribution in [0.25, 0.3) is 0 Å². The first-order chi connectivity index (χ1) is 12.6. The monoisotopic (exact) mass is 383 g/mol. The fourth-order valence-electron chi connectivity index (χ4n) is 3.09. The molecule has 2 N–H and O–H groups in total. The van der Waals surface area contributed by atoms with Crippen molar-refractivity contribution < 1.29 is 23.9 Å². The number of Topliss-reactive ketones (excluding diaryl/α,β-unsaturated/α-hetero) is 1. The Morgan fingerprint density at radius 1 is 1.26 bits per heavy atom. The molecule has 2 aliphatic rings. The molecule has 0 aliphatic carbocycles. The number of urea groups is 1. The summed E-state index contributed by atoms with van der Waals surface area (Å²) in [5.74, 6) is -0.165. The van der Waals surface area contributed by atoms with Crippen LogP contribution >= 0.6 is 0 Å². The molecule has 8 heteroatoms. The first-order valence-corrected chi connectivity index (χ1v) is 9.69. The molecule has 8 nitrogen and oxygen atoms in total. The summed E-state index contributed by atoms with van der Waals surface area (Å²) in [6.45, 7) is 12.1. The molecule has 2 heterocycles. The summed E-state index contributed by atoms with van der Waals surface area (Å²) in [5, 5.41) is 5.65. The van der Waals surface area contributed by atoms with Gasteiger partial charge in [0, 0.05) is 13.1 Å². The zero-order valence-electron chi connectivity index (χ0n) is 17.0.